The molecule has 1 aliphatic heterocycles. The fourth-order valence-corrected chi connectivity index (χ4v) is 4.38. The highest BCUT2D eigenvalue weighted by Gasteiger charge is 2.44. The molecule has 2 fully saturated rings. The summed E-state index contributed by atoms with van der Waals surface area (Å²) in [6, 6.07) is 6.98. The largest absolute Gasteiger partial charge is 0.486 e. The lowest BCUT2D eigenvalue weighted by Crippen LogP contribution is -2.42. The van der Waals surface area contributed by atoms with Crippen LogP contribution in [0.2, 0.25) is 5.22 Å². The molecule has 1 amide bonds. The van der Waals surface area contributed by atoms with E-state index in [4.69, 9.17) is 20.8 Å². The molecule has 0 unspecified atom stereocenters. The van der Waals surface area contributed by atoms with E-state index in [0.717, 1.165) is 11.4 Å². The average molecular weight is 391 g/mol. The van der Waals surface area contributed by atoms with Gasteiger partial charge in [-0.05, 0) is 74.4 Å². The lowest BCUT2D eigenvalue weighted by atomic mass is 9.78. The van der Waals surface area contributed by atoms with Crippen molar-refractivity contribution < 1.29 is 19.1 Å². The highest BCUT2D eigenvalue weighted by atomic mass is 35.5. The molecule has 6 nitrogen and oxygen atoms in total. The summed E-state index contributed by atoms with van der Waals surface area (Å²) in [7, 11) is 0. The Morgan fingerprint density at radius 3 is 2.63 bits per heavy atom. The zero-order valence-electron chi connectivity index (χ0n) is 15.4. The number of aromatic nitrogens is 1. The van der Waals surface area contributed by atoms with E-state index in [0.29, 0.717) is 37.6 Å². The maximum absolute atomic E-state index is 12.6. The van der Waals surface area contributed by atoms with E-state index in [1.807, 2.05) is 26.0 Å². The Labute approximate surface area is 163 Å². The summed E-state index contributed by atoms with van der Waals surface area (Å²) in [5.74, 6) is 1.38. The monoisotopic (exact) mass is 390 g/mol. The number of carbonyl (C=O) groups is 1. The second kappa shape index (κ2) is 7.17. The van der Waals surface area contributed by atoms with Crippen molar-refractivity contribution in [3.05, 3.63) is 46.6 Å². The van der Waals surface area contributed by atoms with Gasteiger partial charge in [0.2, 0.25) is 0 Å². The smallest absolute Gasteiger partial charge is 0.289 e. The van der Waals surface area contributed by atoms with Crippen LogP contribution in [0.15, 0.2) is 28.7 Å². The van der Waals surface area contributed by atoms with Crippen LogP contribution >= 0.6 is 11.6 Å². The second-order valence-corrected chi connectivity index (χ2v) is 7.94. The summed E-state index contributed by atoms with van der Waals surface area (Å²) in [6.45, 7) is 5.11. The number of rotatable bonds is 3. The Morgan fingerprint density at radius 1 is 1.22 bits per heavy atom. The van der Waals surface area contributed by atoms with Gasteiger partial charge < -0.3 is 19.2 Å². The quantitative estimate of drug-likeness (QED) is 0.870. The SMILES string of the molecule is Cc1ccc(O[C@@H]2C[C@@H]3CN(C(=O)c4ccc(Cl)o4)C[C@@H]3C[C@H]2O)c(C)n1. The first-order valence-electron chi connectivity index (χ1n) is 9.24. The molecule has 27 heavy (non-hydrogen) atoms. The van der Waals surface area contributed by atoms with Gasteiger partial charge in [0, 0.05) is 18.8 Å². The number of amides is 1. The van der Waals surface area contributed by atoms with Crippen molar-refractivity contribution >= 4 is 17.5 Å². The van der Waals surface area contributed by atoms with Gasteiger partial charge in [-0.25, -0.2) is 0 Å². The Hall–Kier alpha value is -2.05. The van der Waals surface area contributed by atoms with Gasteiger partial charge in [0.1, 0.15) is 11.9 Å². The van der Waals surface area contributed by atoms with Gasteiger partial charge >= 0.3 is 0 Å². The lowest BCUT2D eigenvalue weighted by Gasteiger charge is -2.35. The van der Waals surface area contributed by atoms with E-state index in [1.54, 1.807) is 17.0 Å². The third-order valence-corrected chi connectivity index (χ3v) is 5.81. The lowest BCUT2D eigenvalue weighted by molar-refractivity contribution is -0.0236. The van der Waals surface area contributed by atoms with Crippen molar-refractivity contribution in [1.29, 1.82) is 0 Å². The predicted octanol–water partition coefficient (Wildman–Crippen LogP) is 3.24. The van der Waals surface area contributed by atoms with E-state index in [2.05, 4.69) is 4.98 Å². The van der Waals surface area contributed by atoms with E-state index in [9.17, 15) is 9.90 Å². The molecule has 144 valence electrons. The summed E-state index contributed by atoms with van der Waals surface area (Å²) in [5, 5.41) is 10.8. The molecule has 0 spiro atoms. The topological polar surface area (TPSA) is 75.8 Å². The summed E-state index contributed by atoms with van der Waals surface area (Å²) < 4.78 is 11.3. The first-order chi connectivity index (χ1) is 12.9. The number of hydrogen-bond donors (Lipinski definition) is 1. The maximum Gasteiger partial charge on any atom is 0.289 e. The molecule has 4 rings (SSSR count). The van der Waals surface area contributed by atoms with Crippen LogP contribution in [-0.4, -0.2) is 46.2 Å². The molecule has 0 aromatic carbocycles. The van der Waals surface area contributed by atoms with Crippen molar-refractivity contribution in [3.63, 3.8) is 0 Å². The number of aryl methyl sites for hydroxylation is 2. The average Bonchev–Trinajstić information content (AvgIpc) is 3.23. The number of furan rings is 1. The number of aliphatic hydroxyl groups excluding tert-OH is 1. The molecule has 7 heteroatoms. The minimum absolute atomic E-state index is 0.151. The number of carbonyl (C=O) groups excluding carboxylic acids is 1. The molecule has 0 radical (unpaired) electrons. The van der Waals surface area contributed by atoms with Gasteiger partial charge in [-0.1, -0.05) is 0 Å². The summed E-state index contributed by atoms with van der Waals surface area (Å²) in [5.41, 5.74) is 1.76. The molecule has 2 aromatic rings. The number of aliphatic hydroxyl groups is 1. The van der Waals surface area contributed by atoms with Gasteiger partial charge in [0.05, 0.1) is 11.8 Å². The van der Waals surface area contributed by atoms with Crippen LogP contribution in [-0.2, 0) is 0 Å². The van der Waals surface area contributed by atoms with Crippen LogP contribution in [0.4, 0.5) is 0 Å². The second-order valence-electron chi connectivity index (χ2n) is 7.57. The number of fused-ring (bicyclic) bond motifs is 1. The minimum atomic E-state index is -0.555. The molecule has 1 N–H and O–H groups in total. The first-order valence-corrected chi connectivity index (χ1v) is 9.62. The van der Waals surface area contributed by atoms with E-state index >= 15 is 0 Å². The van der Waals surface area contributed by atoms with E-state index in [1.165, 1.54) is 0 Å². The molecular formula is C20H23ClN2O4. The molecule has 0 bridgehead atoms. The standard InChI is InChI=1S/C20H23ClN2O4/c1-11-3-4-16(12(2)22-11)26-18-8-14-10-23(9-13(14)7-15(18)24)20(25)17-5-6-19(21)27-17/h3-6,13-15,18,24H,7-10H2,1-2H3/t13-,14+,15+,18+/m0/s1. The van der Waals surface area contributed by atoms with Crippen molar-refractivity contribution in [2.24, 2.45) is 11.8 Å². The Balaban J connectivity index is 1.43. The Morgan fingerprint density at radius 2 is 1.96 bits per heavy atom. The van der Waals surface area contributed by atoms with Crippen LogP contribution < -0.4 is 4.74 Å². The van der Waals surface area contributed by atoms with Gasteiger partial charge in [0.25, 0.3) is 5.91 Å². The third-order valence-electron chi connectivity index (χ3n) is 5.61. The molecule has 4 atom stereocenters. The van der Waals surface area contributed by atoms with Crippen molar-refractivity contribution in [1.82, 2.24) is 9.88 Å². The number of hydrogen-bond acceptors (Lipinski definition) is 5. The highest BCUT2D eigenvalue weighted by molar-refractivity contribution is 6.29. The Bertz CT molecular complexity index is 852. The van der Waals surface area contributed by atoms with Crippen molar-refractivity contribution in [2.75, 3.05) is 13.1 Å². The summed E-state index contributed by atoms with van der Waals surface area (Å²) >= 11 is 5.78. The number of pyridine rings is 1. The minimum Gasteiger partial charge on any atom is -0.486 e. The molecule has 1 aliphatic carbocycles. The number of ether oxygens (including phenoxy) is 1. The van der Waals surface area contributed by atoms with Crippen molar-refractivity contribution in [3.8, 4) is 5.75 Å². The van der Waals surface area contributed by atoms with Crippen LogP contribution in [0, 0.1) is 25.7 Å². The Kier molecular flexibility index (Phi) is 4.86. The van der Waals surface area contributed by atoms with Gasteiger partial charge in [0.15, 0.2) is 11.0 Å². The highest BCUT2D eigenvalue weighted by Crippen LogP contribution is 2.38. The fourth-order valence-electron chi connectivity index (χ4n) is 4.23. The van der Waals surface area contributed by atoms with Gasteiger partial charge in [-0.3, -0.25) is 9.78 Å². The molecule has 3 heterocycles. The third kappa shape index (κ3) is 3.69. The van der Waals surface area contributed by atoms with E-state index in [-0.39, 0.29) is 28.9 Å². The number of likely N-dealkylation sites (tertiary alicyclic amines) is 1. The zero-order valence-corrected chi connectivity index (χ0v) is 16.1. The van der Waals surface area contributed by atoms with Crippen LogP contribution in [0.25, 0.3) is 0 Å². The molecule has 2 aromatic heterocycles. The molecular weight excluding hydrogens is 368 g/mol. The normalized spacial score (nSPS) is 27.5. The van der Waals surface area contributed by atoms with Crippen molar-refractivity contribution in [2.45, 2.75) is 38.9 Å². The van der Waals surface area contributed by atoms with Gasteiger partial charge in [-0.15, -0.1) is 0 Å². The summed E-state index contributed by atoms with van der Waals surface area (Å²) in [4.78, 5) is 18.8. The predicted molar refractivity (Wildman–Crippen MR) is 100.0 cm³/mol. The number of halogens is 1. The first kappa shape index (κ1) is 18.3. The van der Waals surface area contributed by atoms with Crippen LogP contribution in [0.1, 0.15) is 34.8 Å². The molecule has 1 saturated carbocycles. The number of nitrogens with zero attached hydrogens (tertiary/aromatic N) is 2. The molecule has 1 saturated heterocycles. The van der Waals surface area contributed by atoms with E-state index < -0.39 is 6.10 Å². The fraction of sp³-hybridized carbons (Fsp3) is 0.500. The van der Waals surface area contributed by atoms with Gasteiger partial charge in [-0.2, -0.15) is 0 Å². The van der Waals surface area contributed by atoms with Crippen LogP contribution in [0.3, 0.4) is 0 Å². The van der Waals surface area contributed by atoms with Crippen LogP contribution in [0.5, 0.6) is 5.75 Å². The maximum atomic E-state index is 12.6. The summed E-state index contributed by atoms with van der Waals surface area (Å²) in [6.07, 6.45) is 0.487. The molecule has 2 aliphatic rings. The zero-order chi connectivity index (χ0) is 19.1.